The van der Waals surface area contributed by atoms with E-state index in [4.69, 9.17) is 0 Å². The molecule has 0 amide bonds. The topological polar surface area (TPSA) is 25.8 Å². The number of aryl methyl sites for hydroxylation is 3. The summed E-state index contributed by atoms with van der Waals surface area (Å²) in [5, 5.41) is 0. The van der Waals surface area contributed by atoms with Crippen molar-refractivity contribution < 1.29 is 0 Å². The Morgan fingerprint density at radius 3 is 2.11 bits per heavy atom. The van der Waals surface area contributed by atoms with E-state index < -0.39 is 0 Å². The van der Waals surface area contributed by atoms with Crippen LogP contribution in [0.1, 0.15) is 36.1 Å². The van der Waals surface area contributed by atoms with Crippen LogP contribution in [-0.4, -0.2) is 9.97 Å². The molecule has 19 heavy (non-hydrogen) atoms. The first-order chi connectivity index (χ1) is 9.15. The second-order valence-corrected chi connectivity index (χ2v) is 4.79. The van der Waals surface area contributed by atoms with Gasteiger partial charge in [-0.3, -0.25) is 0 Å². The highest BCUT2D eigenvalue weighted by Crippen LogP contribution is 2.23. The molecule has 0 aliphatic rings. The van der Waals surface area contributed by atoms with Crippen LogP contribution in [0.15, 0.2) is 30.6 Å². The van der Waals surface area contributed by atoms with Crippen molar-refractivity contribution in [1.82, 2.24) is 9.97 Å². The lowest BCUT2D eigenvalue weighted by molar-refractivity contribution is 1.05. The molecule has 1 aromatic heterocycles. The Hall–Kier alpha value is -1.96. The molecule has 0 spiro atoms. The van der Waals surface area contributed by atoms with Crippen LogP contribution in [-0.2, 0) is 6.42 Å². The van der Waals surface area contributed by atoms with Gasteiger partial charge in [-0.25, -0.2) is 9.97 Å². The van der Waals surface area contributed by atoms with Gasteiger partial charge in [0.2, 0.25) is 0 Å². The molecule has 0 aliphatic heterocycles. The van der Waals surface area contributed by atoms with Crippen LogP contribution in [0.3, 0.4) is 0 Å². The molecule has 2 heteroatoms. The van der Waals surface area contributed by atoms with Crippen molar-refractivity contribution in [1.29, 1.82) is 0 Å². The van der Waals surface area contributed by atoms with Crippen LogP contribution >= 0.6 is 0 Å². The first-order valence-electron chi connectivity index (χ1n) is 6.71. The van der Waals surface area contributed by atoms with E-state index in [1.54, 1.807) is 0 Å². The van der Waals surface area contributed by atoms with Gasteiger partial charge in [-0.2, -0.15) is 0 Å². The minimum Gasteiger partial charge on any atom is -0.236 e. The predicted octanol–water partition coefficient (Wildman–Crippen LogP) is 4.36. The number of aromatic nitrogens is 2. The van der Waals surface area contributed by atoms with E-state index in [9.17, 15) is 0 Å². The number of hydrogen-bond donors (Lipinski definition) is 0. The van der Waals surface area contributed by atoms with E-state index in [-0.39, 0.29) is 0 Å². The zero-order valence-electron chi connectivity index (χ0n) is 12.1. The highest BCUT2D eigenvalue weighted by Gasteiger charge is 2.06. The molecule has 0 bridgehead atoms. The molecule has 0 saturated heterocycles. The fraction of sp³-hybridized carbons (Fsp3) is 0.294. The number of benzene rings is 1. The van der Waals surface area contributed by atoms with Crippen molar-refractivity contribution in [3.8, 4) is 11.4 Å². The van der Waals surface area contributed by atoms with Gasteiger partial charge in [0.15, 0.2) is 5.82 Å². The first kappa shape index (κ1) is 13.5. The monoisotopic (exact) mass is 252 g/mol. The molecule has 2 aromatic rings. The van der Waals surface area contributed by atoms with E-state index in [0.717, 1.165) is 17.8 Å². The van der Waals surface area contributed by atoms with E-state index in [2.05, 4.69) is 55.0 Å². The summed E-state index contributed by atoms with van der Waals surface area (Å²) in [7, 11) is 0. The molecule has 1 aromatic carbocycles. The summed E-state index contributed by atoms with van der Waals surface area (Å²) in [5.41, 5.74) is 6.07. The summed E-state index contributed by atoms with van der Waals surface area (Å²) in [6, 6.07) is 4.31. The van der Waals surface area contributed by atoms with Crippen LogP contribution in [0, 0.1) is 13.8 Å². The SMILES string of the molecule is CC=Cc1c(C)cc(-c2ncc(CC)cn2)cc1C. The second kappa shape index (κ2) is 5.79. The molecule has 0 saturated carbocycles. The van der Waals surface area contributed by atoms with Crippen LogP contribution in [0.5, 0.6) is 0 Å². The Morgan fingerprint density at radius 1 is 1.05 bits per heavy atom. The van der Waals surface area contributed by atoms with Crippen molar-refractivity contribution in [3.05, 3.63) is 52.9 Å². The molecule has 2 rings (SSSR count). The molecular formula is C17H20N2. The zero-order valence-corrected chi connectivity index (χ0v) is 12.1. The minimum atomic E-state index is 0.801. The molecule has 98 valence electrons. The van der Waals surface area contributed by atoms with Gasteiger partial charge < -0.3 is 0 Å². The Morgan fingerprint density at radius 2 is 1.63 bits per heavy atom. The van der Waals surface area contributed by atoms with Crippen LogP contribution < -0.4 is 0 Å². The van der Waals surface area contributed by atoms with Gasteiger partial charge in [0.05, 0.1) is 0 Å². The highest BCUT2D eigenvalue weighted by atomic mass is 14.9. The average Bonchev–Trinajstić information content (AvgIpc) is 2.43. The lowest BCUT2D eigenvalue weighted by atomic mass is 9.98. The fourth-order valence-electron chi connectivity index (χ4n) is 2.22. The molecule has 0 atom stereocenters. The van der Waals surface area contributed by atoms with E-state index in [0.29, 0.717) is 0 Å². The standard InChI is InChI=1S/C17H20N2/c1-5-7-16-12(3)8-15(9-13(16)4)17-18-10-14(6-2)11-19-17/h5,7-11H,6H2,1-4H3. The smallest absolute Gasteiger partial charge is 0.159 e. The summed E-state index contributed by atoms with van der Waals surface area (Å²) in [6.07, 6.45) is 9.01. The van der Waals surface area contributed by atoms with Crippen molar-refractivity contribution in [2.45, 2.75) is 34.1 Å². The predicted molar refractivity (Wildman–Crippen MR) is 81.0 cm³/mol. The number of rotatable bonds is 3. The van der Waals surface area contributed by atoms with Crippen LogP contribution in [0.4, 0.5) is 0 Å². The third-order valence-electron chi connectivity index (χ3n) is 3.30. The fourth-order valence-corrected chi connectivity index (χ4v) is 2.22. The van der Waals surface area contributed by atoms with Gasteiger partial charge in [-0.1, -0.05) is 19.1 Å². The second-order valence-electron chi connectivity index (χ2n) is 4.79. The molecule has 0 N–H and O–H groups in total. The quantitative estimate of drug-likeness (QED) is 0.811. The Bertz CT molecular complexity index is 572. The van der Waals surface area contributed by atoms with Crippen LogP contribution in [0.2, 0.25) is 0 Å². The molecule has 0 radical (unpaired) electrons. The van der Waals surface area contributed by atoms with E-state index in [1.165, 1.54) is 22.3 Å². The zero-order chi connectivity index (χ0) is 13.8. The van der Waals surface area contributed by atoms with E-state index >= 15 is 0 Å². The Kier molecular flexibility index (Phi) is 4.10. The summed E-state index contributed by atoms with van der Waals surface area (Å²) in [5.74, 6) is 0.801. The van der Waals surface area contributed by atoms with Crippen molar-refractivity contribution in [2.24, 2.45) is 0 Å². The van der Waals surface area contributed by atoms with Crippen LogP contribution in [0.25, 0.3) is 17.5 Å². The maximum absolute atomic E-state index is 4.45. The minimum absolute atomic E-state index is 0.801. The molecule has 0 aliphatic carbocycles. The summed E-state index contributed by atoms with van der Waals surface area (Å²) in [4.78, 5) is 8.90. The summed E-state index contributed by atoms with van der Waals surface area (Å²) >= 11 is 0. The van der Waals surface area contributed by atoms with Crippen molar-refractivity contribution >= 4 is 6.08 Å². The highest BCUT2D eigenvalue weighted by molar-refractivity contribution is 5.66. The third-order valence-corrected chi connectivity index (χ3v) is 3.30. The molecule has 2 nitrogen and oxygen atoms in total. The first-order valence-corrected chi connectivity index (χ1v) is 6.71. The van der Waals surface area contributed by atoms with Crippen molar-refractivity contribution in [3.63, 3.8) is 0 Å². The normalized spacial score (nSPS) is 11.2. The van der Waals surface area contributed by atoms with Gasteiger partial charge in [0, 0.05) is 18.0 Å². The molecular weight excluding hydrogens is 232 g/mol. The Balaban J connectivity index is 2.45. The van der Waals surface area contributed by atoms with E-state index in [1.807, 2.05) is 19.3 Å². The lowest BCUT2D eigenvalue weighted by Crippen LogP contribution is -1.94. The maximum Gasteiger partial charge on any atom is 0.159 e. The number of allylic oxidation sites excluding steroid dienone is 1. The van der Waals surface area contributed by atoms with Gasteiger partial charge >= 0.3 is 0 Å². The number of nitrogens with zero attached hydrogens (tertiary/aromatic N) is 2. The third kappa shape index (κ3) is 2.90. The maximum atomic E-state index is 4.45. The van der Waals surface area contributed by atoms with Crippen molar-refractivity contribution in [2.75, 3.05) is 0 Å². The lowest BCUT2D eigenvalue weighted by Gasteiger charge is -2.09. The Labute approximate surface area is 115 Å². The van der Waals surface area contributed by atoms with Gasteiger partial charge in [0.25, 0.3) is 0 Å². The largest absolute Gasteiger partial charge is 0.236 e. The average molecular weight is 252 g/mol. The summed E-state index contributed by atoms with van der Waals surface area (Å²) < 4.78 is 0. The number of hydrogen-bond acceptors (Lipinski definition) is 2. The summed E-state index contributed by atoms with van der Waals surface area (Å²) in [6.45, 7) is 8.41. The van der Waals surface area contributed by atoms with Gasteiger partial charge in [-0.05, 0) is 61.6 Å². The van der Waals surface area contributed by atoms with Gasteiger partial charge in [0.1, 0.15) is 0 Å². The molecule has 0 unspecified atom stereocenters. The molecule has 1 heterocycles. The molecule has 0 fully saturated rings. The van der Waals surface area contributed by atoms with Gasteiger partial charge in [-0.15, -0.1) is 0 Å².